The Morgan fingerprint density at radius 2 is 2.09 bits per heavy atom. The Bertz CT molecular complexity index is 192. The summed E-state index contributed by atoms with van der Waals surface area (Å²) in [4.78, 5) is 10.8. The van der Waals surface area contributed by atoms with Crippen LogP contribution in [0.4, 0.5) is 0 Å². The Labute approximate surface area is 67.1 Å². The van der Waals surface area contributed by atoms with Gasteiger partial charge in [0, 0.05) is 6.42 Å². The molecule has 0 heterocycles. The Balaban J connectivity index is 4.08. The van der Waals surface area contributed by atoms with Crippen LogP contribution in [-0.4, -0.2) is 12.3 Å². The van der Waals surface area contributed by atoms with E-state index >= 15 is 0 Å². The first-order chi connectivity index (χ1) is 5.24. The minimum Gasteiger partial charge on any atom is -0.324 e. The van der Waals surface area contributed by atoms with Crippen molar-refractivity contribution in [2.24, 2.45) is 5.73 Å². The Hall–Kier alpha value is -1.15. The third-order valence-corrected chi connectivity index (χ3v) is 1.22. The predicted octanol–water partition coefficient (Wildman–Crippen LogP) is 1.20. The van der Waals surface area contributed by atoms with Gasteiger partial charge >= 0.3 is 0 Å². The van der Waals surface area contributed by atoms with Crippen LogP contribution in [0.25, 0.3) is 0 Å². The zero-order chi connectivity index (χ0) is 8.69. The van der Waals surface area contributed by atoms with Crippen molar-refractivity contribution < 1.29 is 4.79 Å². The number of carbonyl (C=O) groups is 1. The SMILES string of the molecule is C=C/C=C(\C=C)CC(=O)CN. The van der Waals surface area contributed by atoms with Crippen LogP contribution >= 0.6 is 0 Å². The highest BCUT2D eigenvalue weighted by atomic mass is 16.1. The van der Waals surface area contributed by atoms with Crippen LogP contribution in [0.5, 0.6) is 0 Å². The standard InChI is InChI=1S/C9H13NO/c1-3-5-8(4-2)6-9(11)7-10/h3-5H,1-2,6-7,10H2/b8-5+. The average molecular weight is 151 g/mol. The lowest BCUT2D eigenvalue weighted by atomic mass is 10.1. The molecule has 0 aromatic carbocycles. The molecular formula is C9H13NO. The van der Waals surface area contributed by atoms with Gasteiger partial charge in [-0.3, -0.25) is 4.79 Å². The summed E-state index contributed by atoms with van der Waals surface area (Å²) < 4.78 is 0. The lowest BCUT2D eigenvalue weighted by Gasteiger charge is -1.96. The second kappa shape index (κ2) is 5.62. The summed E-state index contributed by atoms with van der Waals surface area (Å²) in [5, 5.41) is 0. The summed E-state index contributed by atoms with van der Waals surface area (Å²) in [7, 11) is 0. The van der Waals surface area contributed by atoms with E-state index in [1.807, 2.05) is 0 Å². The molecule has 0 saturated carbocycles. The zero-order valence-corrected chi connectivity index (χ0v) is 6.55. The van der Waals surface area contributed by atoms with Crippen molar-refractivity contribution >= 4 is 5.78 Å². The van der Waals surface area contributed by atoms with Gasteiger partial charge in [0.05, 0.1) is 6.54 Å². The molecule has 2 nitrogen and oxygen atoms in total. The molecule has 0 amide bonds. The number of hydrogen-bond acceptors (Lipinski definition) is 2. The molecule has 0 rings (SSSR count). The minimum absolute atomic E-state index is 0.0120. The molecule has 0 unspecified atom stereocenters. The summed E-state index contributed by atoms with van der Waals surface area (Å²) in [5.41, 5.74) is 5.99. The van der Waals surface area contributed by atoms with E-state index in [0.717, 1.165) is 5.57 Å². The minimum atomic E-state index is 0.0120. The van der Waals surface area contributed by atoms with Gasteiger partial charge < -0.3 is 5.73 Å². The highest BCUT2D eigenvalue weighted by Gasteiger charge is 1.98. The molecule has 11 heavy (non-hydrogen) atoms. The average Bonchev–Trinajstić information content (AvgIpc) is 2.03. The first kappa shape index (κ1) is 9.85. The Morgan fingerprint density at radius 1 is 1.45 bits per heavy atom. The summed E-state index contributed by atoms with van der Waals surface area (Å²) in [5.74, 6) is 0.0120. The van der Waals surface area contributed by atoms with E-state index in [2.05, 4.69) is 13.2 Å². The van der Waals surface area contributed by atoms with Crippen LogP contribution < -0.4 is 5.73 Å². The first-order valence-corrected chi connectivity index (χ1v) is 3.40. The highest BCUT2D eigenvalue weighted by Crippen LogP contribution is 2.02. The molecular weight excluding hydrogens is 138 g/mol. The van der Waals surface area contributed by atoms with Crippen LogP contribution in [0.15, 0.2) is 37.0 Å². The highest BCUT2D eigenvalue weighted by molar-refractivity contribution is 5.83. The summed E-state index contributed by atoms with van der Waals surface area (Å²) in [6, 6.07) is 0. The lowest BCUT2D eigenvalue weighted by molar-refractivity contribution is -0.117. The third-order valence-electron chi connectivity index (χ3n) is 1.22. The van der Waals surface area contributed by atoms with Gasteiger partial charge in [0.1, 0.15) is 0 Å². The van der Waals surface area contributed by atoms with Crippen LogP contribution in [0.1, 0.15) is 6.42 Å². The molecule has 2 N–H and O–H groups in total. The van der Waals surface area contributed by atoms with Crippen molar-refractivity contribution in [3.63, 3.8) is 0 Å². The molecule has 0 fully saturated rings. The van der Waals surface area contributed by atoms with E-state index < -0.39 is 0 Å². The van der Waals surface area contributed by atoms with Gasteiger partial charge in [-0.15, -0.1) is 0 Å². The van der Waals surface area contributed by atoms with Crippen LogP contribution in [-0.2, 0) is 4.79 Å². The van der Waals surface area contributed by atoms with E-state index in [9.17, 15) is 4.79 Å². The number of Topliss-reactive ketones (excluding diaryl/α,β-unsaturated/α-hetero) is 1. The second-order valence-electron chi connectivity index (χ2n) is 2.10. The molecule has 0 aliphatic carbocycles. The van der Waals surface area contributed by atoms with Gasteiger partial charge in [0.25, 0.3) is 0 Å². The smallest absolute Gasteiger partial charge is 0.150 e. The molecule has 0 aromatic heterocycles. The number of rotatable bonds is 5. The molecule has 0 bridgehead atoms. The molecule has 2 heteroatoms. The van der Waals surface area contributed by atoms with Gasteiger partial charge in [-0.05, 0) is 5.57 Å². The molecule has 0 aliphatic rings. The molecule has 0 aromatic rings. The quantitative estimate of drug-likeness (QED) is 0.600. The first-order valence-electron chi connectivity index (χ1n) is 3.40. The van der Waals surface area contributed by atoms with Gasteiger partial charge in [-0.25, -0.2) is 0 Å². The Kier molecular flexibility index (Phi) is 5.03. The van der Waals surface area contributed by atoms with E-state index in [4.69, 9.17) is 5.73 Å². The summed E-state index contributed by atoms with van der Waals surface area (Å²) in [6.07, 6.45) is 5.36. The number of allylic oxidation sites excluding steroid dienone is 4. The fourth-order valence-corrected chi connectivity index (χ4v) is 0.650. The van der Waals surface area contributed by atoms with Gasteiger partial charge in [0.2, 0.25) is 0 Å². The van der Waals surface area contributed by atoms with E-state index in [0.29, 0.717) is 6.42 Å². The van der Waals surface area contributed by atoms with Crippen molar-refractivity contribution in [3.8, 4) is 0 Å². The number of hydrogen-bond donors (Lipinski definition) is 1. The third kappa shape index (κ3) is 4.28. The van der Waals surface area contributed by atoms with Crippen molar-refractivity contribution in [3.05, 3.63) is 37.0 Å². The number of carbonyl (C=O) groups excluding carboxylic acids is 1. The molecule has 0 saturated heterocycles. The number of ketones is 1. The summed E-state index contributed by atoms with van der Waals surface area (Å²) in [6.45, 7) is 7.16. The van der Waals surface area contributed by atoms with Gasteiger partial charge in [0.15, 0.2) is 5.78 Å². The van der Waals surface area contributed by atoms with Crippen molar-refractivity contribution in [2.45, 2.75) is 6.42 Å². The predicted molar refractivity (Wildman–Crippen MR) is 47.2 cm³/mol. The van der Waals surface area contributed by atoms with Gasteiger partial charge in [-0.2, -0.15) is 0 Å². The normalized spacial score (nSPS) is 10.8. The van der Waals surface area contributed by atoms with Crippen LogP contribution in [0, 0.1) is 0 Å². The second-order valence-corrected chi connectivity index (χ2v) is 2.10. The molecule has 0 atom stereocenters. The van der Waals surface area contributed by atoms with Crippen LogP contribution in [0.3, 0.4) is 0 Å². The molecule has 60 valence electrons. The largest absolute Gasteiger partial charge is 0.324 e. The van der Waals surface area contributed by atoms with E-state index in [-0.39, 0.29) is 12.3 Å². The maximum Gasteiger partial charge on any atom is 0.150 e. The number of nitrogens with two attached hydrogens (primary N) is 1. The summed E-state index contributed by atoms with van der Waals surface area (Å²) >= 11 is 0. The van der Waals surface area contributed by atoms with Crippen molar-refractivity contribution in [2.75, 3.05) is 6.54 Å². The van der Waals surface area contributed by atoms with Crippen molar-refractivity contribution in [1.29, 1.82) is 0 Å². The molecule has 0 radical (unpaired) electrons. The monoisotopic (exact) mass is 151 g/mol. The fraction of sp³-hybridized carbons (Fsp3) is 0.222. The Morgan fingerprint density at radius 3 is 2.45 bits per heavy atom. The fourth-order valence-electron chi connectivity index (χ4n) is 0.650. The van der Waals surface area contributed by atoms with E-state index in [1.54, 1.807) is 18.2 Å². The molecule has 0 aliphatic heterocycles. The topological polar surface area (TPSA) is 43.1 Å². The maximum atomic E-state index is 10.8. The van der Waals surface area contributed by atoms with Crippen molar-refractivity contribution in [1.82, 2.24) is 0 Å². The van der Waals surface area contributed by atoms with E-state index in [1.165, 1.54) is 0 Å². The zero-order valence-electron chi connectivity index (χ0n) is 6.55. The molecule has 0 spiro atoms. The maximum absolute atomic E-state index is 10.8. The lowest BCUT2D eigenvalue weighted by Crippen LogP contribution is -2.13. The van der Waals surface area contributed by atoms with Gasteiger partial charge in [-0.1, -0.05) is 31.4 Å². The van der Waals surface area contributed by atoms with Crippen LogP contribution in [0.2, 0.25) is 0 Å².